The fourth-order valence-corrected chi connectivity index (χ4v) is 2.96. The summed E-state index contributed by atoms with van der Waals surface area (Å²) < 4.78 is 0. The first-order valence-corrected chi connectivity index (χ1v) is 8.64. The highest BCUT2D eigenvalue weighted by molar-refractivity contribution is 7.98. The van der Waals surface area contributed by atoms with Crippen LogP contribution in [-0.2, 0) is 6.54 Å². The average molecular weight is 308 g/mol. The fraction of sp³-hybridized carbons (Fsp3) is 0.429. The lowest BCUT2D eigenvalue weighted by Crippen LogP contribution is -2.30. The van der Waals surface area contributed by atoms with Crippen LogP contribution in [0.2, 0.25) is 0 Å². The van der Waals surface area contributed by atoms with E-state index >= 15 is 0 Å². The van der Waals surface area contributed by atoms with Crippen LogP contribution in [-0.4, -0.2) is 29.3 Å². The predicted molar refractivity (Wildman–Crippen MR) is 89.0 cm³/mol. The van der Waals surface area contributed by atoms with Crippen LogP contribution in [0.15, 0.2) is 28.7 Å². The second kappa shape index (κ2) is 6.95. The maximum Gasteiger partial charge on any atom is 0.191 e. The van der Waals surface area contributed by atoms with Gasteiger partial charge in [-0.3, -0.25) is 0 Å². The lowest BCUT2D eigenvalue weighted by atomic mass is 10.3. The van der Waals surface area contributed by atoms with Gasteiger partial charge in [0.1, 0.15) is 11.6 Å². The normalized spacial score (nSPS) is 10.8. The number of hydrogen-bond donors (Lipinski definition) is 1. The van der Waals surface area contributed by atoms with E-state index in [1.807, 2.05) is 19.4 Å². The highest BCUT2D eigenvalue weighted by atomic mass is 32.2. The molecular weight excluding hydrogens is 288 g/mol. The molecule has 0 aliphatic carbocycles. The maximum absolute atomic E-state index is 4.64. The van der Waals surface area contributed by atoms with Crippen molar-refractivity contribution < 1.29 is 0 Å². The predicted octanol–water partition coefficient (Wildman–Crippen LogP) is 3.72. The molecule has 6 heteroatoms. The van der Waals surface area contributed by atoms with Crippen molar-refractivity contribution in [3.8, 4) is 0 Å². The number of rotatable bonds is 6. The molecule has 2 aromatic heterocycles. The Labute approximate surface area is 128 Å². The number of nitrogens with zero attached hydrogens (tertiary/aromatic N) is 3. The highest BCUT2D eigenvalue weighted by Gasteiger charge is 2.15. The molecule has 0 aliphatic heterocycles. The molecule has 0 fully saturated rings. The van der Waals surface area contributed by atoms with Crippen molar-refractivity contribution in [2.24, 2.45) is 0 Å². The number of thioether (sulfide) groups is 1. The van der Waals surface area contributed by atoms with Gasteiger partial charge in [-0.05, 0) is 31.5 Å². The standard InChI is InChI=1S/C14H20N4S2/c1-10(2)18(9-11-6-5-7-20-11)13-8-12(15-3)16-14(17-13)19-4/h5-8,10H,9H2,1-4H3,(H,15,16,17). The first-order valence-electron chi connectivity index (χ1n) is 6.54. The number of hydrogen-bond acceptors (Lipinski definition) is 6. The molecule has 2 aromatic rings. The first kappa shape index (κ1) is 15.1. The van der Waals surface area contributed by atoms with Crippen molar-refractivity contribution in [3.05, 3.63) is 28.5 Å². The van der Waals surface area contributed by atoms with Gasteiger partial charge < -0.3 is 10.2 Å². The molecule has 0 aromatic carbocycles. The van der Waals surface area contributed by atoms with Crippen LogP contribution in [0.25, 0.3) is 0 Å². The van der Waals surface area contributed by atoms with Crippen molar-refractivity contribution >= 4 is 34.7 Å². The highest BCUT2D eigenvalue weighted by Crippen LogP contribution is 2.24. The summed E-state index contributed by atoms with van der Waals surface area (Å²) in [6.45, 7) is 5.25. The minimum atomic E-state index is 0.381. The van der Waals surface area contributed by atoms with Gasteiger partial charge in [-0.1, -0.05) is 17.8 Å². The third-order valence-corrected chi connectivity index (χ3v) is 4.36. The SMILES string of the molecule is CNc1cc(N(Cc2cccs2)C(C)C)nc(SC)n1. The Balaban J connectivity index is 2.33. The third-order valence-electron chi connectivity index (χ3n) is 2.95. The van der Waals surface area contributed by atoms with Crippen LogP contribution in [0, 0.1) is 0 Å². The number of thiophene rings is 1. The zero-order valence-electron chi connectivity index (χ0n) is 12.3. The van der Waals surface area contributed by atoms with Gasteiger partial charge in [-0.25, -0.2) is 9.97 Å². The molecule has 1 N–H and O–H groups in total. The van der Waals surface area contributed by atoms with Crippen LogP contribution in [0.5, 0.6) is 0 Å². The number of aromatic nitrogens is 2. The molecule has 0 unspecified atom stereocenters. The molecule has 2 heterocycles. The summed E-state index contributed by atoms with van der Waals surface area (Å²) in [7, 11) is 1.88. The summed E-state index contributed by atoms with van der Waals surface area (Å²) in [6, 6.07) is 6.64. The summed E-state index contributed by atoms with van der Waals surface area (Å²) in [6.07, 6.45) is 2.00. The molecule has 0 saturated heterocycles. The van der Waals surface area contributed by atoms with E-state index in [0.29, 0.717) is 6.04 Å². The van der Waals surface area contributed by atoms with E-state index in [4.69, 9.17) is 0 Å². The largest absolute Gasteiger partial charge is 0.373 e. The quantitative estimate of drug-likeness (QED) is 0.650. The van der Waals surface area contributed by atoms with Gasteiger partial charge in [0.2, 0.25) is 0 Å². The summed E-state index contributed by atoms with van der Waals surface area (Å²) in [5.41, 5.74) is 0. The first-order chi connectivity index (χ1) is 9.63. The van der Waals surface area contributed by atoms with E-state index in [0.717, 1.165) is 23.3 Å². The van der Waals surface area contributed by atoms with Crippen molar-refractivity contribution in [1.29, 1.82) is 0 Å². The smallest absolute Gasteiger partial charge is 0.191 e. The van der Waals surface area contributed by atoms with Gasteiger partial charge in [-0.15, -0.1) is 11.3 Å². The Kier molecular flexibility index (Phi) is 5.25. The summed E-state index contributed by atoms with van der Waals surface area (Å²) >= 11 is 3.34. The van der Waals surface area contributed by atoms with Crippen LogP contribution >= 0.6 is 23.1 Å². The van der Waals surface area contributed by atoms with E-state index in [2.05, 4.69) is 51.5 Å². The summed E-state index contributed by atoms with van der Waals surface area (Å²) in [5.74, 6) is 1.83. The number of anilines is 2. The van der Waals surface area contributed by atoms with Crippen molar-refractivity contribution in [3.63, 3.8) is 0 Å². The minimum Gasteiger partial charge on any atom is -0.373 e. The van der Waals surface area contributed by atoms with Gasteiger partial charge in [0.15, 0.2) is 5.16 Å². The molecule has 108 valence electrons. The lowest BCUT2D eigenvalue weighted by molar-refractivity contribution is 0.670. The zero-order chi connectivity index (χ0) is 14.5. The minimum absolute atomic E-state index is 0.381. The van der Waals surface area contributed by atoms with E-state index in [1.165, 1.54) is 4.88 Å². The monoisotopic (exact) mass is 308 g/mol. The Morgan fingerprint density at radius 2 is 2.20 bits per heavy atom. The topological polar surface area (TPSA) is 41.0 Å². The zero-order valence-corrected chi connectivity index (χ0v) is 13.9. The van der Waals surface area contributed by atoms with Crippen LogP contribution in [0.1, 0.15) is 18.7 Å². The summed E-state index contributed by atoms with van der Waals surface area (Å²) in [4.78, 5) is 12.7. The molecule has 4 nitrogen and oxygen atoms in total. The van der Waals surface area contributed by atoms with Crippen molar-refractivity contribution in [1.82, 2.24) is 9.97 Å². The Morgan fingerprint density at radius 3 is 2.75 bits per heavy atom. The Bertz CT molecular complexity index is 518. The maximum atomic E-state index is 4.64. The number of nitrogens with one attached hydrogen (secondary N) is 1. The van der Waals surface area contributed by atoms with Gasteiger partial charge in [0.25, 0.3) is 0 Å². The van der Waals surface area contributed by atoms with Gasteiger partial charge in [0, 0.05) is 24.0 Å². The third kappa shape index (κ3) is 3.64. The Hall–Kier alpha value is -1.27. The molecular formula is C14H20N4S2. The molecule has 0 aliphatic rings. The molecule has 20 heavy (non-hydrogen) atoms. The second-order valence-corrected chi connectivity index (χ2v) is 6.45. The van der Waals surface area contributed by atoms with Gasteiger partial charge in [0.05, 0.1) is 6.54 Å². The van der Waals surface area contributed by atoms with E-state index in [-0.39, 0.29) is 0 Å². The summed E-state index contributed by atoms with van der Waals surface area (Å²) in [5, 5.41) is 6.01. The molecule has 0 amide bonds. The van der Waals surface area contributed by atoms with Gasteiger partial charge in [-0.2, -0.15) is 0 Å². The van der Waals surface area contributed by atoms with E-state index in [9.17, 15) is 0 Å². The lowest BCUT2D eigenvalue weighted by Gasteiger charge is -2.27. The van der Waals surface area contributed by atoms with Crippen LogP contribution in [0.3, 0.4) is 0 Å². The average Bonchev–Trinajstić information content (AvgIpc) is 2.96. The second-order valence-electron chi connectivity index (χ2n) is 4.65. The molecule has 2 rings (SSSR count). The van der Waals surface area contributed by atoms with Crippen LogP contribution in [0.4, 0.5) is 11.6 Å². The molecule has 0 radical (unpaired) electrons. The molecule has 0 spiro atoms. The van der Waals surface area contributed by atoms with Crippen molar-refractivity contribution in [2.45, 2.75) is 31.6 Å². The van der Waals surface area contributed by atoms with E-state index in [1.54, 1.807) is 23.1 Å². The fourth-order valence-electron chi connectivity index (χ4n) is 1.88. The molecule has 0 saturated carbocycles. The van der Waals surface area contributed by atoms with E-state index < -0.39 is 0 Å². The van der Waals surface area contributed by atoms with Gasteiger partial charge >= 0.3 is 0 Å². The molecule has 0 atom stereocenters. The van der Waals surface area contributed by atoms with Crippen LogP contribution < -0.4 is 10.2 Å². The Morgan fingerprint density at radius 1 is 1.40 bits per heavy atom. The molecule has 0 bridgehead atoms. The van der Waals surface area contributed by atoms with Crippen molar-refractivity contribution in [2.75, 3.05) is 23.5 Å².